The Hall–Kier alpha value is -2.07. The second-order valence-electron chi connectivity index (χ2n) is 4.08. The highest BCUT2D eigenvalue weighted by molar-refractivity contribution is 5.46. The molecule has 0 fully saturated rings. The minimum atomic E-state index is 0.0961. The van der Waals surface area contributed by atoms with Crippen LogP contribution in [0, 0.1) is 0 Å². The van der Waals surface area contributed by atoms with Gasteiger partial charge in [0.25, 0.3) is 0 Å². The van der Waals surface area contributed by atoms with Gasteiger partial charge in [0.1, 0.15) is 5.82 Å². The van der Waals surface area contributed by atoms with Crippen molar-refractivity contribution < 1.29 is 5.11 Å². The molecule has 18 heavy (non-hydrogen) atoms. The number of benzene rings is 1. The van der Waals surface area contributed by atoms with Crippen LogP contribution in [0.15, 0.2) is 48.7 Å². The van der Waals surface area contributed by atoms with Crippen LogP contribution < -0.4 is 10.6 Å². The molecular formula is C14H17N3O. The van der Waals surface area contributed by atoms with E-state index in [1.54, 1.807) is 6.20 Å². The van der Waals surface area contributed by atoms with Gasteiger partial charge in [-0.1, -0.05) is 30.3 Å². The number of rotatable bonds is 5. The lowest BCUT2D eigenvalue weighted by molar-refractivity contribution is 0.301. The highest BCUT2D eigenvalue weighted by Crippen LogP contribution is 2.15. The van der Waals surface area contributed by atoms with E-state index < -0.39 is 0 Å². The largest absolute Gasteiger partial charge is 0.397 e. The second-order valence-corrected chi connectivity index (χ2v) is 4.08. The molecule has 0 atom stereocenters. The second kappa shape index (κ2) is 6.02. The fourth-order valence-electron chi connectivity index (χ4n) is 1.78. The molecule has 2 rings (SSSR count). The van der Waals surface area contributed by atoms with Gasteiger partial charge in [0.2, 0.25) is 0 Å². The number of hydrogen-bond donors (Lipinski definition) is 2. The molecule has 4 heteroatoms. The molecule has 2 aromatic rings. The minimum absolute atomic E-state index is 0.0961. The van der Waals surface area contributed by atoms with E-state index in [4.69, 9.17) is 10.8 Å². The van der Waals surface area contributed by atoms with Gasteiger partial charge in [-0.05, 0) is 17.7 Å². The number of aliphatic hydroxyl groups is 1. The van der Waals surface area contributed by atoms with E-state index >= 15 is 0 Å². The van der Waals surface area contributed by atoms with Gasteiger partial charge < -0.3 is 15.7 Å². The first-order valence-corrected chi connectivity index (χ1v) is 5.91. The summed E-state index contributed by atoms with van der Waals surface area (Å²) in [4.78, 5) is 6.31. The fraction of sp³-hybridized carbons (Fsp3) is 0.214. The quantitative estimate of drug-likeness (QED) is 0.838. The molecule has 1 aromatic heterocycles. The monoisotopic (exact) mass is 243 g/mol. The average Bonchev–Trinajstić information content (AvgIpc) is 2.40. The van der Waals surface area contributed by atoms with E-state index in [1.165, 1.54) is 5.56 Å². The van der Waals surface area contributed by atoms with Crippen LogP contribution in [-0.4, -0.2) is 23.2 Å². The highest BCUT2D eigenvalue weighted by Gasteiger charge is 2.07. The van der Waals surface area contributed by atoms with Crippen molar-refractivity contribution in [3.05, 3.63) is 54.2 Å². The number of pyridine rings is 1. The minimum Gasteiger partial charge on any atom is -0.397 e. The Morgan fingerprint density at radius 1 is 1.11 bits per heavy atom. The first kappa shape index (κ1) is 12.4. The summed E-state index contributed by atoms with van der Waals surface area (Å²) in [6.45, 7) is 1.36. The van der Waals surface area contributed by atoms with Gasteiger partial charge in [-0.15, -0.1) is 0 Å². The molecule has 0 amide bonds. The van der Waals surface area contributed by atoms with Crippen LogP contribution in [-0.2, 0) is 6.54 Å². The molecule has 0 aliphatic carbocycles. The predicted octanol–water partition coefficient (Wildman–Crippen LogP) is 1.66. The molecule has 0 spiro atoms. The van der Waals surface area contributed by atoms with E-state index in [9.17, 15) is 0 Å². The van der Waals surface area contributed by atoms with Gasteiger partial charge >= 0.3 is 0 Å². The Kier molecular flexibility index (Phi) is 4.15. The van der Waals surface area contributed by atoms with Crippen molar-refractivity contribution in [3.63, 3.8) is 0 Å². The Balaban J connectivity index is 2.15. The van der Waals surface area contributed by atoms with Crippen molar-refractivity contribution in [2.45, 2.75) is 6.54 Å². The molecule has 0 saturated heterocycles. The Morgan fingerprint density at radius 2 is 1.89 bits per heavy atom. The third-order valence-corrected chi connectivity index (χ3v) is 2.68. The summed E-state index contributed by atoms with van der Waals surface area (Å²) in [5.74, 6) is 0.821. The van der Waals surface area contributed by atoms with Crippen LogP contribution in [0.25, 0.3) is 0 Å². The van der Waals surface area contributed by atoms with E-state index in [-0.39, 0.29) is 6.61 Å². The van der Waals surface area contributed by atoms with Crippen molar-refractivity contribution in [1.29, 1.82) is 0 Å². The molecule has 4 nitrogen and oxygen atoms in total. The molecule has 1 aromatic carbocycles. The van der Waals surface area contributed by atoms with Crippen molar-refractivity contribution in [1.82, 2.24) is 4.98 Å². The maximum Gasteiger partial charge on any atom is 0.129 e. The molecular weight excluding hydrogens is 226 g/mol. The van der Waals surface area contributed by atoms with Crippen LogP contribution in [0.1, 0.15) is 5.56 Å². The summed E-state index contributed by atoms with van der Waals surface area (Å²) in [6.07, 6.45) is 1.63. The summed E-state index contributed by atoms with van der Waals surface area (Å²) in [7, 11) is 0. The van der Waals surface area contributed by atoms with Gasteiger partial charge in [-0.25, -0.2) is 4.98 Å². The van der Waals surface area contributed by atoms with Crippen LogP contribution >= 0.6 is 0 Å². The van der Waals surface area contributed by atoms with E-state index in [1.807, 2.05) is 35.2 Å². The highest BCUT2D eigenvalue weighted by atomic mass is 16.3. The van der Waals surface area contributed by atoms with Gasteiger partial charge in [0.05, 0.1) is 18.5 Å². The number of anilines is 2. The lowest BCUT2D eigenvalue weighted by Crippen LogP contribution is -2.26. The molecule has 0 saturated carbocycles. The molecule has 3 N–H and O–H groups in total. The first-order valence-electron chi connectivity index (χ1n) is 5.91. The number of aliphatic hydroxyl groups excluding tert-OH is 1. The van der Waals surface area contributed by atoms with Crippen molar-refractivity contribution in [2.75, 3.05) is 23.8 Å². The van der Waals surface area contributed by atoms with Gasteiger partial charge in [0, 0.05) is 13.1 Å². The summed E-state index contributed by atoms with van der Waals surface area (Å²) < 4.78 is 0. The summed E-state index contributed by atoms with van der Waals surface area (Å²) in [5, 5.41) is 9.14. The predicted molar refractivity (Wildman–Crippen MR) is 73.2 cm³/mol. The van der Waals surface area contributed by atoms with Crippen LogP contribution in [0.5, 0.6) is 0 Å². The maximum atomic E-state index is 9.14. The van der Waals surface area contributed by atoms with Crippen molar-refractivity contribution >= 4 is 11.5 Å². The number of hydrogen-bond acceptors (Lipinski definition) is 4. The lowest BCUT2D eigenvalue weighted by atomic mass is 10.2. The van der Waals surface area contributed by atoms with E-state index in [0.717, 1.165) is 12.4 Å². The topological polar surface area (TPSA) is 62.4 Å². The standard InChI is InChI=1S/C14H17N3O/c15-13-6-7-14(16-10-13)17(8-9-18)11-12-4-2-1-3-5-12/h1-7,10,18H,8-9,11,15H2. The average molecular weight is 243 g/mol. The number of nitrogens with two attached hydrogens (primary N) is 1. The molecule has 0 bridgehead atoms. The fourth-order valence-corrected chi connectivity index (χ4v) is 1.78. The third kappa shape index (κ3) is 3.21. The number of nitrogen functional groups attached to an aromatic ring is 1. The van der Waals surface area contributed by atoms with Crippen LogP contribution in [0.2, 0.25) is 0 Å². The summed E-state index contributed by atoms with van der Waals surface area (Å²) in [6, 6.07) is 13.8. The summed E-state index contributed by atoms with van der Waals surface area (Å²) >= 11 is 0. The summed E-state index contributed by atoms with van der Waals surface area (Å²) in [5.41, 5.74) is 7.45. The Labute approximate surface area is 107 Å². The molecule has 1 heterocycles. The van der Waals surface area contributed by atoms with Gasteiger partial charge in [-0.3, -0.25) is 0 Å². The molecule has 0 radical (unpaired) electrons. The zero-order valence-corrected chi connectivity index (χ0v) is 10.2. The SMILES string of the molecule is Nc1ccc(N(CCO)Cc2ccccc2)nc1. The zero-order chi connectivity index (χ0) is 12.8. The molecule has 0 aliphatic rings. The molecule has 94 valence electrons. The van der Waals surface area contributed by atoms with Crippen molar-refractivity contribution in [2.24, 2.45) is 0 Å². The van der Waals surface area contributed by atoms with Crippen LogP contribution in [0.4, 0.5) is 11.5 Å². The Morgan fingerprint density at radius 3 is 2.50 bits per heavy atom. The zero-order valence-electron chi connectivity index (χ0n) is 10.2. The smallest absolute Gasteiger partial charge is 0.129 e. The molecule has 0 unspecified atom stereocenters. The first-order chi connectivity index (χ1) is 8.79. The van der Waals surface area contributed by atoms with Gasteiger partial charge in [0.15, 0.2) is 0 Å². The Bertz CT molecular complexity index is 470. The molecule has 0 aliphatic heterocycles. The van der Waals surface area contributed by atoms with Gasteiger partial charge in [-0.2, -0.15) is 0 Å². The normalized spacial score (nSPS) is 10.3. The van der Waals surface area contributed by atoms with E-state index in [2.05, 4.69) is 17.1 Å². The van der Waals surface area contributed by atoms with Crippen LogP contribution in [0.3, 0.4) is 0 Å². The van der Waals surface area contributed by atoms with E-state index in [0.29, 0.717) is 12.2 Å². The van der Waals surface area contributed by atoms with Crippen molar-refractivity contribution in [3.8, 4) is 0 Å². The lowest BCUT2D eigenvalue weighted by Gasteiger charge is -2.22. The third-order valence-electron chi connectivity index (χ3n) is 2.68. The number of nitrogens with zero attached hydrogens (tertiary/aromatic N) is 2. The number of aromatic nitrogens is 1. The maximum absolute atomic E-state index is 9.14.